The zero-order chi connectivity index (χ0) is 17.6. The summed E-state index contributed by atoms with van der Waals surface area (Å²) in [6.07, 6.45) is 3.12. The molecule has 0 unspecified atom stereocenters. The third-order valence-corrected chi connectivity index (χ3v) is 4.09. The van der Waals surface area contributed by atoms with E-state index in [4.69, 9.17) is 5.26 Å². The van der Waals surface area contributed by atoms with Crippen molar-refractivity contribution in [3.63, 3.8) is 0 Å². The lowest BCUT2D eigenvalue weighted by atomic mass is 10.2. The first kappa shape index (κ1) is 16.7. The third-order valence-electron chi connectivity index (χ3n) is 3.40. The van der Waals surface area contributed by atoms with Crippen LogP contribution in [0.5, 0.6) is 0 Å². The summed E-state index contributed by atoms with van der Waals surface area (Å²) in [5.74, 6) is -0.256. The highest BCUT2D eigenvalue weighted by Gasteiger charge is 2.09. The summed E-state index contributed by atoms with van der Waals surface area (Å²) in [6.45, 7) is 0. The summed E-state index contributed by atoms with van der Waals surface area (Å²) < 4.78 is 0.805. The summed E-state index contributed by atoms with van der Waals surface area (Å²) in [4.78, 5) is 16.5. The molecular formula is C19H13BrN4O. The summed E-state index contributed by atoms with van der Waals surface area (Å²) in [7, 11) is 0. The average Bonchev–Trinajstić information content (AvgIpc) is 2.64. The number of benzene rings is 2. The molecule has 0 atom stereocenters. The zero-order valence-corrected chi connectivity index (χ0v) is 14.6. The minimum Gasteiger partial charge on any atom is -0.354 e. The van der Waals surface area contributed by atoms with Gasteiger partial charge in [0.2, 0.25) is 0 Å². The van der Waals surface area contributed by atoms with E-state index in [-0.39, 0.29) is 5.91 Å². The standard InChI is InChI=1S/C19H13BrN4O/c20-17-6-1-2-7-18(17)24-19(25)14-9-16(12-22-11-14)23-15-5-3-4-13(8-15)10-21/h1-9,11-12,23H,(H,24,25). The van der Waals surface area contributed by atoms with E-state index in [2.05, 4.69) is 37.6 Å². The Hall–Kier alpha value is -3.17. The molecule has 0 bridgehead atoms. The Kier molecular flexibility index (Phi) is 5.07. The van der Waals surface area contributed by atoms with Gasteiger partial charge in [-0.05, 0) is 52.3 Å². The summed E-state index contributed by atoms with van der Waals surface area (Å²) in [6, 6.07) is 18.3. The molecule has 122 valence electrons. The zero-order valence-electron chi connectivity index (χ0n) is 13.0. The van der Waals surface area contributed by atoms with Crippen LogP contribution in [0.3, 0.4) is 0 Å². The molecule has 0 aliphatic carbocycles. The lowest BCUT2D eigenvalue weighted by Gasteiger charge is -2.09. The Bertz CT molecular complexity index is 965. The number of amides is 1. The van der Waals surface area contributed by atoms with E-state index in [1.165, 1.54) is 6.20 Å². The van der Waals surface area contributed by atoms with Gasteiger partial charge in [-0.3, -0.25) is 9.78 Å². The topological polar surface area (TPSA) is 77.8 Å². The molecule has 0 fully saturated rings. The molecule has 0 spiro atoms. The fraction of sp³-hybridized carbons (Fsp3) is 0. The number of carbonyl (C=O) groups excluding carboxylic acids is 1. The smallest absolute Gasteiger partial charge is 0.257 e. The first-order chi connectivity index (χ1) is 12.2. The first-order valence-electron chi connectivity index (χ1n) is 7.44. The Morgan fingerprint density at radius 1 is 1.04 bits per heavy atom. The molecule has 6 heteroatoms. The molecule has 0 aliphatic rings. The van der Waals surface area contributed by atoms with Crippen molar-refractivity contribution in [1.29, 1.82) is 5.26 Å². The highest BCUT2D eigenvalue weighted by Crippen LogP contribution is 2.23. The van der Waals surface area contributed by atoms with E-state index in [9.17, 15) is 4.79 Å². The Morgan fingerprint density at radius 3 is 2.68 bits per heavy atom. The minimum absolute atomic E-state index is 0.256. The van der Waals surface area contributed by atoms with Gasteiger partial charge >= 0.3 is 0 Å². The van der Waals surface area contributed by atoms with E-state index in [0.29, 0.717) is 22.5 Å². The number of rotatable bonds is 4. The SMILES string of the molecule is N#Cc1cccc(Nc2cncc(C(=O)Nc3ccccc3Br)c2)c1. The molecular weight excluding hydrogens is 380 g/mol. The highest BCUT2D eigenvalue weighted by atomic mass is 79.9. The quantitative estimate of drug-likeness (QED) is 0.673. The van der Waals surface area contributed by atoms with Gasteiger partial charge in [-0.25, -0.2) is 0 Å². The van der Waals surface area contributed by atoms with Crippen molar-refractivity contribution in [2.45, 2.75) is 0 Å². The van der Waals surface area contributed by atoms with E-state index < -0.39 is 0 Å². The number of nitriles is 1. The van der Waals surface area contributed by atoms with Gasteiger partial charge in [0.1, 0.15) is 0 Å². The van der Waals surface area contributed by atoms with E-state index >= 15 is 0 Å². The number of nitrogens with one attached hydrogen (secondary N) is 2. The normalized spacial score (nSPS) is 9.92. The molecule has 2 N–H and O–H groups in total. The van der Waals surface area contributed by atoms with Crippen LogP contribution in [0.1, 0.15) is 15.9 Å². The second kappa shape index (κ2) is 7.60. The maximum absolute atomic E-state index is 12.4. The van der Waals surface area contributed by atoms with Crippen LogP contribution in [0.15, 0.2) is 71.5 Å². The van der Waals surface area contributed by atoms with Gasteiger partial charge in [0, 0.05) is 16.4 Å². The molecule has 1 amide bonds. The number of halogens is 1. The summed E-state index contributed by atoms with van der Waals surface area (Å²) in [5.41, 5.74) is 3.09. The van der Waals surface area contributed by atoms with Crippen LogP contribution in [0.25, 0.3) is 0 Å². The number of hydrogen-bond donors (Lipinski definition) is 2. The number of hydrogen-bond acceptors (Lipinski definition) is 4. The second-order valence-corrected chi connectivity index (χ2v) is 6.07. The van der Waals surface area contributed by atoms with Gasteiger partial charge in [0.05, 0.1) is 34.8 Å². The molecule has 25 heavy (non-hydrogen) atoms. The van der Waals surface area contributed by atoms with Crippen molar-refractivity contribution in [3.8, 4) is 6.07 Å². The molecule has 5 nitrogen and oxygen atoms in total. The highest BCUT2D eigenvalue weighted by molar-refractivity contribution is 9.10. The Morgan fingerprint density at radius 2 is 1.88 bits per heavy atom. The lowest BCUT2D eigenvalue weighted by Crippen LogP contribution is -2.12. The van der Waals surface area contributed by atoms with Gasteiger partial charge in [-0.1, -0.05) is 18.2 Å². The van der Waals surface area contributed by atoms with Crippen molar-refractivity contribution in [3.05, 3.63) is 82.6 Å². The molecule has 0 aliphatic heterocycles. The molecule has 0 saturated heterocycles. The van der Waals surface area contributed by atoms with Gasteiger partial charge in [-0.2, -0.15) is 5.26 Å². The van der Waals surface area contributed by atoms with Gasteiger partial charge < -0.3 is 10.6 Å². The fourth-order valence-corrected chi connectivity index (χ4v) is 2.61. The van der Waals surface area contributed by atoms with Crippen molar-refractivity contribution < 1.29 is 4.79 Å². The van der Waals surface area contributed by atoms with Crippen LogP contribution in [-0.2, 0) is 0 Å². The van der Waals surface area contributed by atoms with Crippen LogP contribution >= 0.6 is 15.9 Å². The second-order valence-electron chi connectivity index (χ2n) is 5.21. The minimum atomic E-state index is -0.256. The first-order valence-corrected chi connectivity index (χ1v) is 8.23. The van der Waals surface area contributed by atoms with Crippen LogP contribution in [0.4, 0.5) is 17.1 Å². The third kappa shape index (κ3) is 4.22. The van der Waals surface area contributed by atoms with Crippen molar-refractivity contribution in [1.82, 2.24) is 4.98 Å². The number of carbonyl (C=O) groups is 1. The monoisotopic (exact) mass is 392 g/mol. The molecule has 0 saturated carbocycles. The van der Waals surface area contributed by atoms with Crippen LogP contribution in [0, 0.1) is 11.3 Å². The fourth-order valence-electron chi connectivity index (χ4n) is 2.22. The number of pyridine rings is 1. The van der Waals surface area contributed by atoms with Gasteiger partial charge in [0.25, 0.3) is 5.91 Å². The number of aromatic nitrogens is 1. The molecule has 0 radical (unpaired) electrons. The van der Waals surface area contributed by atoms with Crippen molar-refractivity contribution in [2.75, 3.05) is 10.6 Å². The van der Waals surface area contributed by atoms with E-state index in [0.717, 1.165) is 10.2 Å². The number of anilines is 3. The Balaban J connectivity index is 1.78. The number of para-hydroxylation sites is 1. The predicted molar refractivity (Wildman–Crippen MR) is 101 cm³/mol. The molecule has 2 aromatic carbocycles. The molecule has 1 aromatic heterocycles. The van der Waals surface area contributed by atoms with Crippen molar-refractivity contribution >= 4 is 38.9 Å². The lowest BCUT2D eigenvalue weighted by molar-refractivity contribution is 0.102. The Labute approximate surface area is 153 Å². The maximum Gasteiger partial charge on any atom is 0.257 e. The van der Waals surface area contributed by atoms with E-state index in [1.807, 2.05) is 30.3 Å². The number of nitrogens with zero attached hydrogens (tertiary/aromatic N) is 2. The molecule has 3 aromatic rings. The van der Waals surface area contributed by atoms with Crippen LogP contribution < -0.4 is 10.6 Å². The average molecular weight is 393 g/mol. The van der Waals surface area contributed by atoms with E-state index in [1.54, 1.807) is 30.5 Å². The van der Waals surface area contributed by atoms with Crippen LogP contribution in [-0.4, -0.2) is 10.9 Å². The molecule has 3 rings (SSSR count). The molecule has 1 heterocycles. The summed E-state index contributed by atoms with van der Waals surface area (Å²) in [5, 5.41) is 14.9. The van der Waals surface area contributed by atoms with Crippen molar-refractivity contribution in [2.24, 2.45) is 0 Å². The largest absolute Gasteiger partial charge is 0.354 e. The predicted octanol–water partition coefficient (Wildman–Crippen LogP) is 4.71. The van der Waals surface area contributed by atoms with Gasteiger partial charge in [-0.15, -0.1) is 0 Å². The maximum atomic E-state index is 12.4. The van der Waals surface area contributed by atoms with Crippen LogP contribution in [0.2, 0.25) is 0 Å². The van der Waals surface area contributed by atoms with Gasteiger partial charge in [0.15, 0.2) is 0 Å². The summed E-state index contributed by atoms with van der Waals surface area (Å²) >= 11 is 3.40.